The number of carbonyl (C=O) groups is 1. The van der Waals surface area contributed by atoms with Gasteiger partial charge in [-0.3, -0.25) is 9.59 Å². The first-order chi connectivity index (χ1) is 12.1. The van der Waals surface area contributed by atoms with Crippen LogP contribution in [0.4, 0.5) is 5.69 Å². The van der Waals surface area contributed by atoms with Crippen LogP contribution in [0.2, 0.25) is 5.02 Å². The van der Waals surface area contributed by atoms with Crippen LogP contribution in [0.15, 0.2) is 41.3 Å². The summed E-state index contributed by atoms with van der Waals surface area (Å²) in [4.78, 5) is 25.8. The van der Waals surface area contributed by atoms with Crippen molar-refractivity contribution in [3.8, 4) is 0 Å². The molecule has 1 saturated heterocycles. The predicted octanol–water partition coefficient (Wildman–Crippen LogP) is 2.35. The van der Waals surface area contributed by atoms with Crippen molar-refractivity contribution in [3.05, 3.63) is 57.5 Å². The van der Waals surface area contributed by atoms with E-state index in [0.717, 1.165) is 37.2 Å². The van der Waals surface area contributed by atoms with Crippen molar-refractivity contribution in [1.82, 2.24) is 15.5 Å². The maximum atomic E-state index is 12.2. The first kappa shape index (κ1) is 17.5. The van der Waals surface area contributed by atoms with Gasteiger partial charge in [-0.1, -0.05) is 23.7 Å². The second-order valence-electron chi connectivity index (χ2n) is 6.37. The molecular formula is C18H21ClN4O2. The fourth-order valence-corrected chi connectivity index (χ4v) is 3.40. The SMILES string of the molecule is O=C(CC1CCCN(c2cn[nH]c(=O)c2)C1)NCc1cccc(Cl)c1. The molecule has 0 saturated carbocycles. The van der Waals surface area contributed by atoms with E-state index in [0.29, 0.717) is 18.0 Å². The molecular weight excluding hydrogens is 340 g/mol. The molecule has 0 radical (unpaired) electrons. The Kier molecular flexibility index (Phi) is 5.71. The third-order valence-corrected chi connectivity index (χ3v) is 4.62. The van der Waals surface area contributed by atoms with Gasteiger partial charge in [0.2, 0.25) is 5.91 Å². The number of nitrogens with zero attached hydrogens (tertiary/aromatic N) is 2. The van der Waals surface area contributed by atoms with E-state index in [4.69, 9.17) is 11.6 Å². The fourth-order valence-electron chi connectivity index (χ4n) is 3.19. The fraction of sp³-hybridized carbons (Fsp3) is 0.389. The van der Waals surface area contributed by atoms with E-state index >= 15 is 0 Å². The monoisotopic (exact) mass is 360 g/mol. The second-order valence-corrected chi connectivity index (χ2v) is 6.80. The lowest BCUT2D eigenvalue weighted by molar-refractivity contribution is -0.122. The highest BCUT2D eigenvalue weighted by molar-refractivity contribution is 6.30. The lowest BCUT2D eigenvalue weighted by atomic mass is 9.94. The molecule has 1 unspecified atom stereocenters. The van der Waals surface area contributed by atoms with Crippen molar-refractivity contribution in [2.45, 2.75) is 25.8 Å². The molecule has 25 heavy (non-hydrogen) atoms. The van der Waals surface area contributed by atoms with Crippen molar-refractivity contribution >= 4 is 23.2 Å². The van der Waals surface area contributed by atoms with E-state index in [2.05, 4.69) is 20.4 Å². The molecule has 1 aromatic heterocycles. The standard InChI is InChI=1S/C18H21ClN4O2/c19-15-5-1-3-13(7-15)10-20-17(24)8-14-4-2-6-23(12-14)16-9-18(25)22-21-11-16/h1,3,5,7,9,11,14H,2,4,6,8,10,12H2,(H,20,24)(H,22,25). The summed E-state index contributed by atoms with van der Waals surface area (Å²) in [5.41, 5.74) is 1.59. The number of anilines is 1. The lowest BCUT2D eigenvalue weighted by Gasteiger charge is -2.33. The molecule has 132 valence electrons. The highest BCUT2D eigenvalue weighted by atomic mass is 35.5. The summed E-state index contributed by atoms with van der Waals surface area (Å²) in [6, 6.07) is 9.03. The molecule has 1 amide bonds. The van der Waals surface area contributed by atoms with Gasteiger partial charge in [-0.25, -0.2) is 5.10 Å². The number of halogens is 1. The Morgan fingerprint density at radius 3 is 3.08 bits per heavy atom. The first-order valence-electron chi connectivity index (χ1n) is 8.41. The highest BCUT2D eigenvalue weighted by Gasteiger charge is 2.22. The van der Waals surface area contributed by atoms with Gasteiger partial charge in [0.15, 0.2) is 0 Å². The summed E-state index contributed by atoms with van der Waals surface area (Å²) in [7, 11) is 0. The number of aromatic amines is 1. The summed E-state index contributed by atoms with van der Waals surface area (Å²) < 4.78 is 0. The van der Waals surface area contributed by atoms with Crippen LogP contribution in [0, 0.1) is 5.92 Å². The number of rotatable bonds is 5. The van der Waals surface area contributed by atoms with E-state index in [1.54, 1.807) is 12.3 Å². The Balaban J connectivity index is 1.52. The van der Waals surface area contributed by atoms with Crippen molar-refractivity contribution in [2.24, 2.45) is 5.92 Å². The number of piperidine rings is 1. The van der Waals surface area contributed by atoms with E-state index in [1.165, 1.54) is 0 Å². The van der Waals surface area contributed by atoms with Gasteiger partial charge in [-0.15, -0.1) is 0 Å². The summed E-state index contributed by atoms with van der Waals surface area (Å²) in [6.07, 6.45) is 4.15. The van der Waals surface area contributed by atoms with Gasteiger partial charge < -0.3 is 10.2 Å². The van der Waals surface area contributed by atoms with Crippen LogP contribution >= 0.6 is 11.6 Å². The average molecular weight is 361 g/mol. The zero-order valence-corrected chi connectivity index (χ0v) is 14.6. The van der Waals surface area contributed by atoms with Crippen LogP contribution in [0.3, 0.4) is 0 Å². The van der Waals surface area contributed by atoms with E-state index < -0.39 is 0 Å². The molecule has 1 aliphatic heterocycles. The Hall–Kier alpha value is -2.34. The molecule has 2 N–H and O–H groups in total. The van der Waals surface area contributed by atoms with Gasteiger partial charge >= 0.3 is 0 Å². The minimum absolute atomic E-state index is 0.0378. The van der Waals surface area contributed by atoms with E-state index in [-0.39, 0.29) is 17.4 Å². The number of benzene rings is 1. The van der Waals surface area contributed by atoms with Gasteiger partial charge in [0, 0.05) is 37.1 Å². The molecule has 6 nitrogen and oxygen atoms in total. The molecule has 0 spiro atoms. The zero-order valence-electron chi connectivity index (χ0n) is 13.9. The van der Waals surface area contributed by atoms with E-state index in [1.807, 2.05) is 24.3 Å². The average Bonchev–Trinajstić information content (AvgIpc) is 2.60. The summed E-state index contributed by atoms with van der Waals surface area (Å²) >= 11 is 5.95. The molecule has 1 aromatic carbocycles. The van der Waals surface area contributed by atoms with Gasteiger partial charge in [-0.2, -0.15) is 5.10 Å². The van der Waals surface area contributed by atoms with Crippen molar-refractivity contribution < 1.29 is 4.79 Å². The summed E-state index contributed by atoms with van der Waals surface area (Å²) in [6.45, 7) is 2.12. The number of aromatic nitrogens is 2. The number of nitrogens with one attached hydrogen (secondary N) is 2. The third-order valence-electron chi connectivity index (χ3n) is 4.39. The van der Waals surface area contributed by atoms with Crippen molar-refractivity contribution in [1.29, 1.82) is 0 Å². The first-order valence-corrected chi connectivity index (χ1v) is 8.79. The Morgan fingerprint density at radius 2 is 2.28 bits per heavy atom. The maximum Gasteiger partial charge on any atom is 0.266 e. The van der Waals surface area contributed by atoms with Crippen LogP contribution < -0.4 is 15.8 Å². The smallest absolute Gasteiger partial charge is 0.266 e. The third kappa shape index (κ3) is 5.06. The molecule has 0 aliphatic carbocycles. The molecule has 2 heterocycles. The van der Waals surface area contributed by atoms with Gasteiger partial charge in [-0.05, 0) is 36.5 Å². The van der Waals surface area contributed by atoms with Crippen molar-refractivity contribution in [2.75, 3.05) is 18.0 Å². The quantitative estimate of drug-likeness (QED) is 0.858. The molecule has 1 fully saturated rings. The van der Waals surface area contributed by atoms with E-state index in [9.17, 15) is 9.59 Å². The largest absolute Gasteiger partial charge is 0.370 e. The molecule has 1 aliphatic rings. The van der Waals surface area contributed by atoms with Gasteiger partial charge in [0.05, 0.1) is 11.9 Å². The summed E-state index contributed by atoms with van der Waals surface area (Å²) in [5, 5.41) is 9.85. The topological polar surface area (TPSA) is 78.1 Å². The van der Waals surface area contributed by atoms with Crippen LogP contribution in [0.1, 0.15) is 24.8 Å². The van der Waals surface area contributed by atoms with Gasteiger partial charge in [0.25, 0.3) is 5.56 Å². The molecule has 2 aromatic rings. The van der Waals surface area contributed by atoms with Crippen molar-refractivity contribution in [3.63, 3.8) is 0 Å². The zero-order chi connectivity index (χ0) is 17.6. The summed E-state index contributed by atoms with van der Waals surface area (Å²) in [5.74, 6) is 0.309. The predicted molar refractivity (Wildman–Crippen MR) is 97.7 cm³/mol. The second kappa shape index (κ2) is 8.16. The van der Waals surface area contributed by atoms with Crippen LogP contribution in [0.25, 0.3) is 0 Å². The number of H-pyrrole nitrogens is 1. The molecule has 1 atom stereocenters. The Bertz CT molecular complexity index is 792. The molecule has 0 bridgehead atoms. The maximum absolute atomic E-state index is 12.2. The number of hydrogen-bond donors (Lipinski definition) is 2. The van der Waals surface area contributed by atoms with Crippen LogP contribution in [-0.4, -0.2) is 29.2 Å². The Morgan fingerprint density at radius 1 is 1.40 bits per heavy atom. The number of hydrogen-bond acceptors (Lipinski definition) is 4. The highest BCUT2D eigenvalue weighted by Crippen LogP contribution is 2.23. The minimum Gasteiger partial charge on any atom is -0.370 e. The molecule has 3 rings (SSSR count). The normalized spacial score (nSPS) is 17.3. The lowest BCUT2D eigenvalue weighted by Crippen LogP contribution is -2.38. The minimum atomic E-state index is -0.209. The van der Waals surface area contributed by atoms with Crippen LogP contribution in [-0.2, 0) is 11.3 Å². The molecule has 7 heteroatoms. The van der Waals surface area contributed by atoms with Gasteiger partial charge in [0.1, 0.15) is 0 Å². The van der Waals surface area contributed by atoms with Crippen LogP contribution in [0.5, 0.6) is 0 Å². The Labute approximate surface area is 151 Å². The number of amides is 1. The number of carbonyl (C=O) groups excluding carboxylic acids is 1.